The lowest BCUT2D eigenvalue weighted by molar-refractivity contribution is -0.131. The van der Waals surface area contributed by atoms with E-state index < -0.39 is 5.97 Å². The first-order chi connectivity index (χ1) is 9.04. The third kappa shape index (κ3) is 2.68. The number of hydrogen-bond acceptors (Lipinski definition) is 2. The molecule has 4 heteroatoms. The van der Waals surface area contributed by atoms with Gasteiger partial charge in [-0.15, -0.1) is 0 Å². The Bertz CT molecular complexity index is 551. The van der Waals surface area contributed by atoms with Crippen LogP contribution in [0.5, 0.6) is 0 Å². The number of carboxylic acid groups (broad SMARTS) is 1. The SMILES string of the molecule is CCC(C)C1NC(=S)c2ccccc2/C1=C/C(=O)O. The molecule has 1 aliphatic rings. The fourth-order valence-electron chi connectivity index (χ4n) is 2.38. The van der Waals surface area contributed by atoms with Gasteiger partial charge in [-0.1, -0.05) is 56.8 Å². The van der Waals surface area contributed by atoms with Gasteiger partial charge in [-0.05, 0) is 17.1 Å². The highest BCUT2D eigenvalue weighted by molar-refractivity contribution is 7.80. The number of benzene rings is 1. The van der Waals surface area contributed by atoms with E-state index in [1.54, 1.807) is 0 Å². The molecule has 0 aliphatic carbocycles. The van der Waals surface area contributed by atoms with E-state index >= 15 is 0 Å². The lowest BCUT2D eigenvalue weighted by Gasteiger charge is -2.33. The van der Waals surface area contributed by atoms with Crippen molar-refractivity contribution >= 4 is 28.7 Å². The molecule has 2 rings (SSSR count). The fourth-order valence-corrected chi connectivity index (χ4v) is 2.69. The number of thiocarbonyl (C=S) groups is 1. The number of fused-ring (bicyclic) bond motifs is 1. The predicted octanol–water partition coefficient (Wildman–Crippen LogP) is 2.85. The van der Waals surface area contributed by atoms with Gasteiger partial charge in [0.25, 0.3) is 0 Å². The van der Waals surface area contributed by atoms with Crippen LogP contribution in [0.4, 0.5) is 0 Å². The maximum absolute atomic E-state index is 11.1. The number of aliphatic carboxylic acids is 1. The van der Waals surface area contributed by atoms with Gasteiger partial charge >= 0.3 is 5.97 Å². The molecule has 1 aliphatic heterocycles. The van der Waals surface area contributed by atoms with Crippen LogP contribution in [0, 0.1) is 5.92 Å². The van der Waals surface area contributed by atoms with E-state index in [1.807, 2.05) is 24.3 Å². The zero-order valence-corrected chi connectivity index (χ0v) is 11.8. The Labute approximate surface area is 118 Å². The minimum absolute atomic E-state index is 0.0384. The molecule has 0 fully saturated rings. The molecular formula is C15H17NO2S. The Morgan fingerprint density at radius 1 is 1.47 bits per heavy atom. The number of nitrogens with one attached hydrogen (secondary N) is 1. The topological polar surface area (TPSA) is 49.3 Å². The summed E-state index contributed by atoms with van der Waals surface area (Å²) < 4.78 is 0. The average molecular weight is 275 g/mol. The van der Waals surface area contributed by atoms with Gasteiger partial charge in [0.05, 0.1) is 6.04 Å². The molecule has 1 heterocycles. The lowest BCUT2D eigenvalue weighted by atomic mass is 9.83. The third-order valence-corrected chi connectivity index (χ3v) is 3.93. The summed E-state index contributed by atoms with van der Waals surface area (Å²) in [6.45, 7) is 4.19. The van der Waals surface area contributed by atoms with Gasteiger partial charge in [0.2, 0.25) is 0 Å². The van der Waals surface area contributed by atoms with Crippen molar-refractivity contribution in [1.82, 2.24) is 5.32 Å². The Balaban J connectivity index is 2.57. The number of carbonyl (C=O) groups is 1. The first kappa shape index (κ1) is 13.7. The number of rotatable bonds is 3. The lowest BCUT2D eigenvalue weighted by Crippen LogP contribution is -2.43. The summed E-state index contributed by atoms with van der Waals surface area (Å²) in [4.78, 5) is 11.8. The quantitative estimate of drug-likeness (QED) is 0.658. The first-order valence-corrected chi connectivity index (χ1v) is 6.80. The summed E-state index contributed by atoms with van der Waals surface area (Å²) in [6, 6.07) is 7.65. The van der Waals surface area contributed by atoms with Crippen LogP contribution in [0.1, 0.15) is 31.4 Å². The van der Waals surface area contributed by atoms with Gasteiger partial charge in [-0.2, -0.15) is 0 Å². The van der Waals surface area contributed by atoms with Crippen LogP contribution < -0.4 is 5.32 Å². The van der Waals surface area contributed by atoms with Gasteiger partial charge in [0.15, 0.2) is 0 Å². The molecule has 0 saturated carbocycles. The molecule has 0 spiro atoms. The monoisotopic (exact) mass is 275 g/mol. The summed E-state index contributed by atoms with van der Waals surface area (Å²) in [5.41, 5.74) is 2.65. The van der Waals surface area contributed by atoms with Crippen molar-refractivity contribution in [2.24, 2.45) is 5.92 Å². The molecule has 3 nitrogen and oxygen atoms in total. The molecule has 2 N–H and O–H groups in total. The molecule has 0 radical (unpaired) electrons. The largest absolute Gasteiger partial charge is 0.478 e. The van der Waals surface area contributed by atoms with E-state index in [2.05, 4.69) is 19.2 Å². The second-order valence-electron chi connectivity index (χ2n) is 4.82. The molecule has 0 amide bonds. The maximum atomic E-state index is 11.1. The molecule has 1 aromatic rings. The van der Waals surface area contributed by atoms with E-state index in [1.165, 1.54) is 6.08 Å². The standard InChI is InChI=1S/C15H17NO2S/c1-3-9(2)14-12(8-13(17)18)10-6-4-5-7-11(10)15(19)16-14/h4-9,14H,3H2,1-2H3,(H,16,19)(H,17,18)/b12-8-. The summed E-state index contributed by atoms with van der Waals surface area (Å²) in [6.07, 6.45) is 2.25. The van der Waals surface area contributed by atoms with Crippen molar-refractivity contribution in [2.45, 2.75) is 26.3 Å². The summed E-state index contributed by atoms with van der Waals surface area (Å²) in [5, 5.41) is 12.4. The van der Waals surface area contributed by atoms with E-state index in [4.69, 9.17) is 17.3 Å². The molecule has 0 bridgehead atoms. The second-order valence-corrected chi connectivity index (χ2v) is 5.23. The maximum Gasteiger partial charge on any atom is 0.328 e. The normalized spacial score (nSPS) is 21.7. The van der Waals surface area contributed by atoms with Crippen molar-refractivity contribution in [2.75, 3.05) is 0 Å². The van der Waals surface area contributed by atoms with Crippen molar-refractivity contribution in [3.63, 3.8) is 0 Å². The molecule has 0 aromatic heterocycles. The predicted molar refractivity (Wildman–Crippen MR) is 80.1 cm³/mol. The molecule has 19 heavy (non-hydrogen) atoms. The van der Waals surface area contributed by atoms with Crippen molar-refractivity contribution < 1.29 is 9.90 Å². The van der Waals surface area contributed by atoms with Gasteiger partial charge in [0, 0.05) is 11.6 Å². The molecule has 2 unspecified atom stereocenters. The third-order valence-electron chi connectivity index (χ3n) is 3.60. The summed E-state index contributed by atoms with van der Waals surface area (Å²) in [5.74, 6) is -0.607. The number of carboxylic acids is 1. The highest BCUT2D eigenvalue weighted by Crippen LogP contribution is 2.31. The van der Waals surface area contributed by atoms with Gasteiger partial charge < -0.3 is 10.4 Å². The molecule has 100 valence electrons. The van der Waals surface area contributed by atoms with Crippen LogP contribution in [0.15, 0.2) is 30.3 Å². The van der Waals surface area contributed by atoms with E-state index in [-0.39, 0.29) is 6.04 Å². The molecular weight excluding hydrogens is 258 g/mol. The van der Waals surface area contributed by atoms with E-state index in [0.29, 0.717) is 10.9 Å². The van der Waals surface area contributed by atoms with Crippen LogP contribution >= 0.6 is 12.2 Å². The zero-order chi connectivity index (χ0) is 14.0. The van der Waals surface area contributed by atoms with Gasteiger partial charge in [0.1, 0.15) is 4.99 Å². The van der Waals surface area contributed by atoms with E-state index in [9.17, 15) is 4.79 Å². The minimum Gasteiger partial charge on any atom is -0.478 e. The summed E-state index contributed by atoms with van der Waals surface area (Å²) >= 11 is 5.39. The van der Waals surface area contributed by atoms with E-state index in [0.717, 1.165) is 23.1 Å². The smallest absolute Gasteiger partial charge is 0.328 e. The molecule has 2 atom stereocenters. The summed E-state index contributed by atoms with van der Waals surface area (Å²) in [7, 11) is 0. The van der Waals surface area contributed by atoms with Crippen LogP contribution in [-0.4, -0.2) is 22.1 Å². The van der Waals surface area contributed by atoms with Crippen molar-refractivity contribution in [3.8, 4) is 0 Å². The Hall–Kier alpha value is -1.68. The highest BCUT2D eigenvalue weighted by Gasteiger charge is 2.29. The van der Waals surface area contributed by atoms with Gasteiger partial charge in [-0.25, -0.2) is 4.79 Å². The molecule has 0 saturated heterocycles. The fraction of sp³-hybridized carbons (Fsp3) is 0.333. The van der Waals surface area contributed by atoms with Crippen LogP contribution in [0.2, 0.25) is 0 Å². The van der Waals surface area contributed by atoms with Crippen LogP contribution in [-0.2, 0) is 4.79 Å². The molecule has 1 aromatic carbocycles. The Morgan fingerprint density at radius 2 is 2.11 bits per heavy atom. The highest BCUT2D eigenvalue weighted by atomic mass is 32.1. The zero-order valence-electron chi connectivity index (χ0n) is 11.0. The van der Waals surface area contributed by atoms with Crippen molar-refractivity contribution in [1.29, 1.82) is 0 Å². The number of hydrogen-bond donors (Lipinski definition) is 2. The van der Waals surface area contributed by atoms with Crippen LogP contribution in [0.25, 0.3) is 5.57 Å². The van der Waals surface area contributed by atoms with Crippen molar-refractivity contribution in [3.05, 3.63) is 41.5 Å². The Morgan fingerprint density at radius 3 is 2.68 bits per heavy atom. The van der Waals surface area contributed by atoms with Gasteiger partial charge in [-0.3, -0.25) is 0 Å². The Kier molecular flexibility index (Phi) is 4.00. The average Bonchev–Trinajstić information content (AvgIpc) is 2.40. The second kappa shape index (κ2) is 5.53. The first-order valence-electron chi connectivity index (χ1n) is 6.39. The van der Waals surface area contributed by atoms with Crippen LogP contribution in [0.3, 0.4) is 0 Å². The minimum atomic E-state index is -0.923.